The molecule has 1 unspecified atom stereocenters. The van der Waals surface area contributed by atoms with Crippen LogP contribution in [0.3, 0.4) is 0 Å². The van der Waals surface area contributed by atoms with Gasteiger partial charge < -0.3 is 19.9 Å². The molecule has 0 spiro atoms. The first kappa shape index (κ1) is 19.5. The van der Waals surface area contributed by atoms with E-state index in [1.807, 2.05) is 19.1 Å². The van der Waals surface area contributed by atoms with E-state index in [-0.39, 0.29) is 18.7 Å². The molecule has 2 N–H and O–H groups in total. The van der Waals surface area contributed by atoms with Gasteiger partial charge in [0.1, 0.15) is 17.5 Å². The molecule has 1 aromatic rings. The Morgan fingerprint density at radius 1 is 1.29 bits per heavy atom. The van der Waals surface area contributed by atoms with Gasteiger partial charge in [0, 0.05) is 12.5 Å². The van der Waals surface area contributed by atoms with E-state index >= 15 is 0 Å². The summed E-state index contributed by atoms with van der Waals surface area (Å²) in [6, 6.07) is 4.66. The van der Waals surface area contributed by atoms with Gasteiger partial charge in [-0.25, -0.2) is 4.79 Å². The summed E-state index contributed by atoms with van der Waals surface area (Å²) < 4.78 is 10.5. The van der Waals surface area contributed by atoms with Crippen LogP contribution in [-0.2, 0) is 16.0 Å². The number of ether oxygens (including phenoxy) is 2. The number of allylic oxidation sites excluding steroid dienone is 1. The zero-order chi connectivity index (χ0) is 17.9. The molecule has 6 nitrogen and oxygen atoms in total. The van der Waals surface area contributed by atoms with Crippen LogP contribution in [-0.4, -0.2) is 37.2 Å². The third kappa shape index (κ3) is 6.32. The highest BCUT2D eigenvalue weighted by Gasteiger charge is 2.18. The van der Waals surface area contributed by atoms with E-state index in [2.05, 4.69) is 5.32 Å². The number of hydrogen-bond acceptors (Lipinski definition) is 4. The van der Waals surface area contributed by atoms with Gasteiger partial charge in [0.05, 0.1) is 14.2 Å². The Morgan fingerprint density at radius 2 is 2.04 bits per heavy atom. The Labute approximate surface area is 142 Å². The number of carbonyl (C=O) groups excluding carboxylic acids is 1. The Balaban J connectivity index is 2.51. The first-order chi connectivity index (χ1) is 11.5. The molecule has 0 aromatic heterocycles. The largest absolute Gasteiger partial charge is 0.497 e. The van der Waals surface area contributed by atoms with E-state index in [9.17, 15) is 9.59 Å². The molecule has 0 fully saturated rings. The minimum Gasteiger partial charge on any atom is -0.497 e. The van der Waals surface area contributed by atoms with Crippen LogP contribution in [0.2, 0.25) is 0 Å². The normalized spacial score (nSPS) is 12.0. The lowest BCUT2D eigenvalue weighted by Gasteiger charge is -2.13. The minimum atomic E-state index is -1.03. The molecule has 0 aliphatic rings. The summed E-state index contributed by atoms with van der Waals surface area (Å²) in [6.07, 6.45) is 5.29. The molecule has 0 saturated carbocycles. The third-order valence-electron chi connectivity index (χ3n) is 3.58. The number of hydrogen-bond donors (Lipinski definition) is 2. The van der Waals surface area contributed by atoms with E-state index in [1.165, 1.54) is 0 Å². The van der Waals surface area contributed by atoms with E-state index in [0.717, 1.165) is 5.56 Å². The highest BCUT2D eigenvalue weighted by atomic mass is 16.5. The predicted octanol–water partition coefficient (Wildman–Crippen LogP) is 2.56. The molecule has 1 atom stereocenters. The molecule has 0 heterocycles. The lowest BCUT2D eigenvalue weighted by Crippen LogP contribution is -2.40. The first-order valence-electron chi connectivity index (χ1n) is 7.86. The summed E-state index contributed by atoms with van der Waals surface area (Å²) in [7, 11) is 3.18. The van der Waals surface area contributed by atoms with Crippen LogP contribution >= 0.6 is 0 Å². The van der Waals surface area contributed by atoms with Crippen molar-refractivity contribution in [3.63, 3.8) is 0 Å². The zero-order valence-electron chi connectivity index (χ0n) is 14.4. The summed E-state index contributed by atoms with van der Waals surface area (Å²) in [6.45, 7) is 1.81. The quantitative estimate of drug-likeness (QED) is 0.642. The van der Waals surface area contributed by atoms with Crippen LogP contribution in [0.1, 0.15) is 31.7 Å². The van der Waals surface area contributed by atoms with Crippen molar-refractivity contribution in [2.45, 2.75) is 38.6 Å². The number of benzene rings is 1. The van der Waals surface area contributed by atoms with Crippen LogP contribution in [0, 0.1) is 0 Å². The van der Waals surface area contributed by atoms with Crippen molar-refractivity contribution in [2.24, 2.45) is 0 Å². The topological polar surface area (TPSA) is 84.9 Å². The highest BCUT2D eigenvalue weighted by molar-refractivity contribution is 5.83. The SMILES string of the molecule is C/C=C/CC(NC(=O)CCCc1ccc(OC)cc1OC)C(=O)O. The van der Waals surface area contributed by atoms with Crippen molar-refractivity contribution in [2.75, 3.05) is 14.2 Å². The summed E-state index contributed by atoms with van der Waals surface area (Å²) in [5.74, 6) is 0.130. The van der Waals surface area contributed by atoms with Gasteiger partial charge in [0.2, 0.25) is 5.91 Å². The molecule has 1 amide bonds. The zero-order valence-corrected chi connectivity index (χ0v) is 14.4. The lowest BCUT2D eigenvalue weighted by atomic mass is 10.1. The van der Waals surface area contributed by atoms with Crippen molar-refractivity contribution in [3.05, 3.63) is 35.9 Å². The number of carboxylic acids is 1. The van der Waals surface area contributed by atoms with Gasteiger partial charge in [0.25, 0.3) is 0 Å². The molecule has 0 saturated heterocycles. The van der Waals surface area contributed by atoms with Crippen LogP contribution in [0.15, 0.2) is 30.4 Å². The van der Waals surface area contributed by atoms with Crippen LogP contribution in [0.4, 0.5) is 0 Å². The number of aryl methyl sites for hydroxylation is 1. The summed E-state index contributed by atoms with van der Waals surface area (Å²) in [4.78, 5) is 23.0. The van der Waals surface area contributed by atoms with E-state index in [0.29, 0.717) is 24.3 Å². The highest BCUT2D eigenvalue weighted by Crippen LogP contribution is 2.25. The van der Waals surface area contributed by atoms with Crippen LogP contribution < -0.4 is 14.8 Å². The van der Waals surface area contributed by atoms with Gasteiger partial charge in [-0.05, 0) is 37.8 Å². The molecule has 6 heteroatoms. The van der Waals surface area contributed by atoms with Gasteiger partial charge in [-0.2, -0.15) is 0 Å². The summed E-state index contributed by atoms with van der Waals surface area (Å²) in [5.41, 5.74) is 0.981. The van der Waals surface area contributed by atoms with Crippen molar-refractivity contribution >= 4 is 11.9 Å². The Hall–Kier alpha value is -2.50. The second kappa shape index (κ2) is 10.3. The smallest absolute Gasteiger partial charge is 0.326 e. The number of aliphatic carboxylic acids is 1. The second-order valence-corrected chi connectivity index (χ2v) is 5.29. The maximum atomic E-state index is 11.9. The number of amides is 1. The number of carbonyl (C=O) groups is 2. The first-order valence-corrected chi connectivity index (χ1v) is 7.86. The standard InChI is InChI=1S/C18H25NO5/c1-4-5-8-15(18(21)22)19-17(20)9-6-7-13-10-11-14(23-2)12-16(13)24-3/h4-5,10-12,15H,6-9H2,1-3H3,(H,19,20)(H,21,22)/b5-4+. The van der Waals surface area contributed by atoms with Gasteiger partial charge in [-0.15, -0.1) is 0 Å². The van der Waals surface area contributed by atoms with Crippen molar-refractivity contribution < 1.29 is 24.2 Å². The number of methoxy groups -OCH3 is 2. The van der Waals surface area contributed by atoms with E-state index < -0.39 is 12.0 Å². The van der Waals surface area contributed by atoms with Gasteiger partial charge in [0.15, 0.2) is 0 Å². The summed E-state index contributed by atoms with van der Waals surface area (Å²) >= 11 is 0. The molecule has 0 bridgehead atoms. The monoisotopic (exact) mass is 335 g/mol. The molecular formula is C18H25NO5. The molecule has 0 aliphatic carbocycles. The maximum absolute atomic E-state index is 11.9. The fraction of sp³-hybridized carbons (Fsp3) is 0.444. The van der Waals surface area contributed by atoms with Crippen molar-refractivity contribution in [1.82, 2.24) is 5.32 Å². The van der Waals surface area contributed by atoms with Crippen molar-refractivity contribution in [1.29, 1.82) is 0 Å². The molecule has 0 aliphatic heterocycles. The predicted molar refractivity (Wildman–Crippen MR) is 91.5 cm³/mol. The van der Waals surface area contributed by atoms with Crippen LogP contribution in [0.25, 0.3) is 0 Å². The lowest BCUT2D eigenvalue weighted by molar-refractivity contribution is -0.141. The Morgan fingerprint density at radius 3 is 2.62 bits per heavy atom. The maximum Gasteiger partial charge on any atom is 0.326 e. The molecule has 1 rings (SSSR count). The van der Waals surface area contributed by atoms with Gasteiger partial charge in [-0.3, -0.25) is 4.79 Å². The fourth-order valence-electron chi connectivity index (χ4n) is 2.26. The average molecular weight is 335 g/mol. The Kier molecular flexibility index (Phi) is 8.39. The molecule has 24 heavy (non-hydrogen) atoms. The number of rotatable bonds is 10. The van der Waals surface area contributed by atoms with Crippen LogP contribution in [0.5, 0.6) is 11.5 Å². The van der Waals surface area contributed by atoms with E-state index in [4.69, 9.17) is 14.6 Å². The Bertz CT molecular complexity index is 583. The third-order valence-corrected chi connectivity index (χ3v) is 3.58. The van der Waals surface area contributed by atoms with E-state index in [1.54, 1.807) is 32.4 Å². The van der Waals surface area contributed by atoms with Gasteiger partial charge in [-0.1, -0.05) is 18.2 Å². The minimum absolute atomic E-state index is 0.259. The number of carboxylic acid groups (broad SMARTS) is 1. The molecule has 0 radical (unpaired) electrons. The molecule has 1 aromatic carbocycles. The average Bonchev–Trinajstić information content (AvgIpc) is 2.58. The van der Waals surface area contributed by atoms with Gasteiger partial charge >= 0.3 is 5.97 Å². The fourth-order valence-corrected chi connectivity index (χ4v) is 2.26. The summed E-state index contributed by atoms with van der Waals surface area (Å²) in [5, 5.41) is 11.6. The number of nitrogens with one attached hydrogen (secondary N) is 1. The molecule has 132 valence electrons. The molecular weight excluding hydrogens is 310 g/mol. The van der Waals surface area contributed by atoms with Crippen molar-refractivity contribution in [3.8, 4) is 11.5 Å². The second-order valence-electron chi connectivity index (χ2n) is 5.29.